The summed E-state index contributed by atoms with van der Waals surface area (Å²) in [6, 6.07) is 18.0. The average Bonchev–Trinajstić information content (AvgIpc) is 3.15. The maximum absolute atomic E-state index is 11.7. The highest BCUT2D eigenvalue weighted by molar-refractivity contribution is 7.81. The van der Waals surface area contributed by atoms with Crippen molar-refractivity contribution in [1.82, 2.24) is 0 Å². The molecule has 2 N–H and O–H groups in total. The SMILES string of the molecule is O=C(O)c1cccc(CCc2ccc(N(c3cccs3)S(=O)O)cc2)c1. The van der Waals surface area contributed by atoms with Crippen LogP contribution in [0, 0.1) is 0 Å². The minimum absolute atomic E-state index is 0.287. The molecule has 0 radical (unpaired) electrons. The molecule has 5 nitrogen and oxygen atoms in total. The molecule has 134 valence electrons. The van der Waals surface area contributed by atoms with Gasteiger partial charge >= 0.3 is 5.97 Å². The Bertz CT molecular complexity index is 908. The number of carboxylic acids is 1. The van der Waals surface area contributed by atoms with Gasteiger partial charge in [0.25, 0.3) is 11.3 Å². The summed E-state index contributed by atoms with van der Waals surface area (Å²) in [6.07, 6.45) is 1.48. The molecule has 0 saturated heterocycles. The van der Waals surface area contributed by atoms with E-state index >= 15 is 0 Å². The Kier molecular flexibility index (Phi) is 5.82. The maximum Gasteiger partial charge on any atom is 0.335 e. The molecule has 0 spiro atoms. The van der Waals surface area contributed by atoms with Crippen LogP contribution < -0.4 is 4.31 Å². The van der Waals surface area contributed by atoms with Crippen LogP contribution in [0.2, 0.25) is 0 Å². The second kappa shape index (κ2) is 8.27. The topological polar surface area (TPSA) is 77.8 Å². The van der Waals surface area contributed by atoms with E-state index in [1.165, 1.54) is 15.6 Å². The largest absolute Gasteiger partial charge is 0.478 e. The van der Waals surface area contributed by atoms with Crippen LogP contribution in [-0.4, -0.2) is 19.8 Å². The minimum Gasteiger partial charge on any atom is -0.478 e. The van der Waals surface area contributed by atoms with Gasteiger partial charge in [0, 0.05) is 0 Å². The van der Waals surface area contributed by atoms with E-state index in [4.69, 9.17) is 5.11 Å². The number of anilines is 2. The summed E-state index contributed by atoms with van der Waals surface area (Å²) in [6.45, 7) is 0. The quantitative estimate of drug-likeness (QED) is 0.585. The monoisotopic (exact) mass is 387 g/mol. The lowest BCUT2D eigenvalue weighted by molar-refractivity contribution is 0.0696. The molecule has 1 aromatic heterocycles. The zero-order valence-corrected chi connectivity index (χ0v) is 15.4. The molecule has 1 atom stereocenters. The number of hydrogen-bond acceptors (Lipinski definition) is 3. The molecule has 0 aliphatic heterocycles. The number of thiophene rings is 1. The van der Waals surface area contributed by atoms with Crippen LogP contribution in [0.4, 0.5) is 10.7 Å². The van der Waals surface area contributed by atoms with Crippen molar-refractivity contribution < 1.29 is 18.7 Å². The molecule has 26 heavy (non-hydrogen) atoms. The highest BCUT2D eigenvalue weighted by Gasteiger charge is 2.15. The van der Waals surface area contributed by atoms with Gasteiger partial charge in [-0.05, 0) is 65.7 Å². The van der Waals surface area contributed by atoms with Gasteiger partial charge in [0.2, 0.25) is 0 Å². The van der Waals surface area contributed by atoms with E-state index in [2.05, 4.69) is 0 Å². The predicted octanol–water partition coefficient (Wildman–Crippen LogP) is 4.51. The van der Waals surface area contributed by atoms with Crippen LogP contribution in [-0.2, 0) is 24.1 Å². The van der Waals surface area contributed by atoms with Crippen molar-refractivity contribution in [3.05, 3.63) is 82.7 Å². The Morgan fingerprint density at radius 1 is 1.00 bits per heavy atom. The van der Waals surface area contributed by atoms with E-state index < -0.39 is 17.2 Å². The first-order valence-electron chi connectivity index (χ1n) is 7.90. The number of aryl methyl sites for hydroxylation is 2. The average molecular weight is 387 g/mol. The molecule has 0 bridgehead atoms. The fourth-order valence-corrected chi connectivity index (χ4v) is 4.12. The minimum atomic E-state index is -2.14. The molecule has 0 saturated carbocycles. The van der Waals surface area contributed by atoms with Crippen molar-refractivity contribution >= 4 is 39.3 Å². The van der Waals surface area contributed by atoms with Crippen LogP contribution in [0.25, 0.3) is 0 Å². The molecule has 0 fully saturated rings. The third-order valence-corrected chi connectivity index (χ3v) is 5.60. The fraction of sp³-hybridized carbons (Fsp3) is 0.105. The molecule has 1 unspecified atom stereocenters. The summed E-state index contributed by atoms with van der Waals surface area (Å²) < 4.78 is 22.6. The van der Waals surface area contributed by atoms with Gasteiger partial charge in [-0.1, -0.05) is 24.3 Å². The van der Waals surface area contributed by atoms with Crippen molar-refractivity contribution in [2.45, 2.75) is 12.8 Å². The first-order valence-corrected chi connectivity index (χ1v) is 9.85. The number of carbonyl (C=O) groups is 1. The van der Waals surface area contributed by atoms with Gasteiger partial charge in [0.15, 0.2) is 0 Å². The molecule has 0 aliphatic carbocycles. The Balaban J connectivity index is 1.71. The Labute approximate surface area is 158 Å². The molecule has 1 heterocycles. The lowest BCUT2D eigenvalue weighted by Crippen LogP contribution is -2.17. The molecule has 0 amide bonds. The Morgan fingerprint density at radius 3 is 2.35 bits per heavy atom. The normalized spacial score (nSPS) is 11.9. The third-order valence-electron chi connectivity index (χ3n) is 3.91. The zero-order chi connectivity index (χ0) is 18.5. The lowest BCUT2D eigenvalue weighted by atomic mass is 10.0. The second-order valence-corrected chi connectivity index (χ2v) is 7.40. The standard InChI is InChI=1S/C19H17NO4S2/c21-19(22)16-4-1-3-15(13-16)7-6-14-8-10-17(11-9-14)20(26(23)24)18-5-2-12-25-18/h1-5,8-13H,6-7H2,(H,21,22)(H,23,24). The summed E-state index contributed by atoms with van der Waals surface area (Å²) >= 11 is -0.748. The molecular weight excluding hydrogens is 370 g/mol. The molecule has 0 aliphatic rings. The number of carboxylic acid groups (broad SMARTS) is 1. The van der Waals surface area contributed by atoms with E-state index in [1.807, 2.05) is 41.8 Å². The van der Waals surface area contributed by atoms with Crippen LogP contribution >= 0.6 is 11.3 Å². The maximum atomic E-state index is 11.7. The van der Waals surface area contributed by atoms with Crippen molar-refractivity contribution in [1.29, 1.82) is 0 Å². The summed E-state index contributed by atoms with van der Waals surface area (Å²) in [5, 5.41) is 11.6. The van der Waals surface area contributed by atoms with Gasteiger partial charge in [0.1, 0.15) is 5.00 Å². The van der Waals surface area contributed by atoms with Gasteiger partial charge in [-0.2, -0.15) is 0 Å². The highest BCUT2D eigenvalue weighted by atomic mass is 32.2. The summed E-state index contributed by atoms with van der Waals surface area (Å²) in [4.78, 5) is 11.0. The van der Waals surface area contributed by atoms with Crippen LogP contribution in [0.1, 0.15) is 21.5 Å². The Morgan fingerprint density at radius 2 is 1.73 bits per heavy atom. The van der Waals surface area contributed by atoms with Crippen molar-refractivity contribution in [2.75, 3.05) is 4.31 Å². The van der Waals surface area contributed by atoms with Crippen molar-refractivity contribution in [2.24, 2.45) is 0 Å². The smallest absolute Gasteiger partial charge is 0.335 e. The van der Waals surface area contributed by atoms with E-state index in [0.717, 1.165) is 24.0 Å². The van der Waals surface area contributed by atoms with Gasteiger partial charge < -0.3 is 5.11 Å². The van der Waals surface area contributed by atoms with Gasteiger partial charge in [-0.15, -0.1) is 11.3 Å². The molecule has 7 heteroatoms. The zero-order valence-electron chi connectivity index (χ0n) is 13.7. The number of rotatable bonds is 7. The summed E-state index contributed by atoms with van der Waals surface area (Å²) in [5.41, 5.74) is 2.97. The van der Waals surface area contributed by atoms with Crippen molar-refractivity contribution in [3.8, 4) is 0 Å². The van der Waals surface area contributed by atoms with Gasteiger partial charge in [-0.25, -0.2) is 13.3 Å². The fourth-order valence-electron chi connectivity index (χ4n) is 2.63. The van der Waals surface area contributed by atoms with E-state index in [1.54, 1.807) is 24.3 Å². The van der Waals surface area contributed by atoms with Crippen LogP contribution in [0.15, 0.2) is 66.0 Å². The summed E-state index contributed by atoms with van der Waals surface area (Å²) in [5.74, 6) is -0.929. The van der Waals surface area contributed by atoms with E-state index in [0.29, 0.717) is 10.7 Å². The molecule has 2 aromatic carbocycles. The molecule has 3 rings (SSSR count). The van der Waals surface area contributed by atoms with Crippen LogP contribution in [0.5, 0.6) is 0 Å². The third kappa shape index (κ3) is 4.37. The molecular formula is C19H17NO4S2. The second-order valence-electron chi connectivity index (χ2n) is 5.65. The number of benzene rings is 2. The lowest BCUT2D eigenvalue weighted by Gasteiger charge is -2.18. The van der Waals surface area contributed by atoms with Gasteiger partial charge in [0.05, 0.1) is 11.3 Å². The molecule has 3 aromatic rings. The van der Waals surface area contributed by atoms with E-state index in [9.17, 15) is 13.6 Å². The number of hydrogen-bond donors (Lipinski definition) is 2. The van der Waals surface area contributed by atoms with E-state index in [-0.39, 0.29) is 5.56 Å². The first kappa shape index (κ1) is 18.3. The number of nitrogens with zero attached hydrogens (tertiary/aromatic N) is 1. The Hall–Kier alpha value is -2.48. The van der Waals surface area contributed by atoms with Gasteiger partial charge in [-0.3, -0.25) is 4.55 Å². The highest BCUT2D eigenvalue weighted by Crippen LogP contribution is 2.30. The summed E-state index contributed by atoms with van der Waals surface area (Å²) in [7, 11) is 0. The van der Waals surface area contributed by atoms with Crippen molar-refractivity contribution in [3.63, 3.8) is 0 Å². The van der Waals surface area contributed by atoms with Crippen LogP contribution in [0.3, 0.4) is 0 Å². The first-order chi connectivity index (χ1) is 12.5. The predicted molar refractivity (Wildman–Crippen MR) is 104 cm³/mol. The number of aromatic carboxylic acids is 1.